The number of piperazine rings is 1. The van der Waals surface area contributed by atoms with Gasteiger partial charge in [-0.1, -0.05) is 29.3 Å². The van der Waals surface area contributed by atoms with Gasteiger partial charge in [-0.2, -0.15) is 0 Å². The maximum Gasteiger partial charge on any atom is 0.189 e. The molecular formula is C30H28Cl2F2N4O. The third-order valence-corrected chi connectivity index (χ3v) is 8.32. The maximum absolute atomic E-state index is 15.5. The fourth-order valence-corrected chi connectivity index (χ4v) is 6.23. The first-order valence-corrected chi connectivity index (χ1v) is 13.9. The molecule has 3 heterocycles. The van der Waals surface area contributed by atoms with Crippen molar-refractivity contribution >= 4 is 45.5 Å². The Balaban J connectivity index is 1.34. The van der Waals surface area contributed by atoms with Crippen LogP contribution >= 0.6 is 23.2 Å². The van der Waals surface area contributed by atoms with Gasteiger partial charge in [0.25, 0.3) is 0 Å². The molecule has 2 aliphatic heterocycles. The van der Waals surface area contributed by atoms with Crippen molar-refractivity contribution in [3.63, 3.8) is 0 Å². The molecule has 0 bridgehead atoms. The molecule has 2 aliphatic rings. The average molecular weight is 569 g/mol. The second-order valence-electron chi connectivity index (χ2n) is 10.2. The number of benzene rings is 3. The number of aromatic nitrogens is 1. The van der Waals surface area contributed by atoms with E-state index >= 15 is 8.78 Å². The molecule has 0 spiro atoms. The maximum atomic E-state index is 15.5. The highest BCUT2D eigenvalue weighted by Crippen LogP contribution is 2.37. The summed E-state index contributed by atoms with van der Waals surface area (Å²) in [7, 11) is 0. The Morgan fingerprint density at radius 1 is 0.769 bits per heavy atom. The number of likely N-dealkylation sites (tertiary alicyclic amines) is 1. The number of halogens is 4. The van der Waals surface area contributed by atoms with Crippen LogP contribution in [0.4, 0.5) is 20.2 Å². The van der Waals surface area contributed by atoms with E-state index in [1.165, 1.54) is 24.4 Å². The van der Waals surface area contributed by atoms with E-state index in [0.29, 0.717) is 43.3 Å². The summed E-state index contributed by atoms with van der Waals surface area (Å²) >= 11 is 12.9. The summed E-state index contributed by atoms with van der Waals surface area (Å²) in [4.78, 5) is 19.1. The summed E-state index contributed by atoms with van der Waals surface area (Å²) in [5, 5.41) is 0.887. The topological polar surface area (TPSA) is 31.7 Å². The zero-order chi connectivity index (χ0) is 27.1. The smallest absolute Gasteiger partial charge is 0.189 e. The minimum absolute atomic E-state index is 0.100. The second-order valence-corrected chi connectivity index (χ2v) is 11.0. The van der Waals surface area contributed by atoms with Crippen LogP contribution in [0.2, 0.25) is 10.0 Å². The van der Waals surface area contributed by atoms with Gasteiger partial charge in [0.15, 0.2) is 5.43 Å². The minimum atomic E-state index is -0.566. The lowest BCUT2D eigenvalue weighted by Crippen LogP contribution is -2.47. The molecule has 0 radical (unpaired) electrons. The Morgan fingerprint density at radius 2 is 1.46 bits per heavy atom. The predicted molar refractivity (Wildman–Crippen MR) is 155 cm³/mol. The van der Waals surface area contributed by atoms with Crippen molar-refractivity contribution in [3.05, 3.63) is 98.3 Å². The van der Waals surface area contributed by atoms with Crippen LogP contribution in [0, 0.1) is 11.6 Å². The molecule has 2 fully saturated rings. The van der Waals surface area contributed by atoms with E-state index in [9.17, 15) is 4.79 Å². The highest BCUT2D eigenvalue weighted by molar-refractivity contribution is 6.38. The minimum Gasteiger partial charge on any atom is -0.368 e. The molecule has 0 unspecified atom stereocenters. The van der Waals surface area contributed by atoms with E-state index in [2.05, 4.69) is 9.80 Å². The molecule has 4 aromatic rings. The lowest BCUT2D eigenvalue weighted by molar-refractivity contribution is 0.331. The SMILES string of the molecule is O=c1ccn(-c2ccc(CN3CCCC3)cc2F)c2c(Cl)c(N3CCN(c4ccc(Cl)cc4)CC3)c(F)cc12. The molecule has 0 amide bonds. The zero-order valence-electron chi connectivity index (χ0n) is 21.3. The van der Waals surface area contributed by atoms with Gasteiger partial charge in [-0.05, 0) is 74.0 Å². The lowest BCUT2D eigenvalue weighted by atomic mass is 10.1. The van der Waals surface area contributed by atoms with Gasteiger partial charge in [0, 0.05) is 55.7 Å². The number of hydrogen-bond donors (Lipinski definition) is 0. The van der Waals surface area contributed by atoms with Gasteiger partial charge in [0.1, 0.15) is 11.6 Å². The number of pyridine rings is 1. The zero-order valence-corrected chi connectivity index (χ0v) is 22.9. The molecule has 5 nitrogen and oxygen atoms in total. The van der Waals surface area contributed by atoms with Crippen molar-refractivity contribution in [2.24, 2.45) is 0 Å². The molecule has 6 rings (SSSR count). The molecule has 2 saturated heterocycles. The van der Waals surface area contributed by atoms with E-state index in [-0.39, 0.29) is 27.2 Å². The van der Waals surface area contributed by atoms with Crippen LogP contribution in [-0.2, 0) is 6.54 Å². The Kier molecular flexibility index (Phi) is 7.23. The number of nitrogens with zero attached hydrogens (tertiary/aromatic N) is 4. The molecule has 0 N–H and O–H groups in total. The van der Waals surface area contributed by atoms with Crippen LogP contribution in [-0.4, -0.2) is 48.7 Å². The van der Waals surface area contributed by atoms with E-state index in [0.717, 1.165) is 37.2 Å². The van der Waals surface area contributed by atoms with Gasteiger partial charge < -0.3 is 14.4 Å². The summed E-state index contributed by atoms with van der Waals surface area (Å²) in [5.41, 5.74) is 2.35. The molecule has 39 heavy (non-hydrogen) atoms. The summed E-state index contributed by atoms with van der Waals surface area (Å²) in [5.74, 6) is -0.987. The molecular weight excluding hydrogens is 541 g/mol. The lowest BCUT2D eigenvalue weighted by Gasteiger charge is -2.38. The van der Waals surface area contributed by atoms with Crippen LogP contribution in [0.25, 0.3) is 16.6 Å². The van der Waals surface area contributed by atoms with Crippen LogP contribution in [0.15, 0.2) is 65.6 Å². The Hall–Kier alpha value is -3.13. The highest BCUT2D eigenvalue weighted by Gasteiger charge is 2.26. The van der Waals surface area contributed by atoms with Crippen molar-refractivity contribution in [3.8, 4) is 5.69 Å². The molecule has 1 aromatic heterocycles. The summed E-state index contributed by atoms with van der Waals surface area (Å²) in [6.45, 7) is 5.11. The molecule has 0 aliphatic carbocycles. The normalized spacial score (nSPS) is 16.4. The number of rotatable bonds is 5. The fourth-order valence-electron chi connectivity index (χ4n) is 5.70. The van der Waals surface area contributed by atoms with Gasteiger partial charge in [-0.25, -0.2) is 8.78 Å². The van der Waals surface area contributed by atoms with E-state index in [4.69, 9.17) is 23.2 Å². The third-order valence-electron chi connectivity index (χ3n) is 7.71. The second kappa shape index (κ2) is 10.8. The van der Waals surface area contributed by atoms with Crippen LogP contribution in [0.3, 0.4) is 0 Å². The monoisotopic (exact) mass is 568 g/mol. The third kappa shape index (κ3) is 5.11. The summed E-state index contributed by atoms with van der Waals surface area (Å²) < 4.78 is 32.5. The van der Waals surface area contributed by atoms with Gasteiger partial charge in [-0.3, -0.25) is 9.69 Å². The highest BCUT2D eigenvalue weighted by atomic mass is 35.5. The molecule has 9 heteroatoms. The first kappa shape index (κ1) is 26.1. The number of anilines is 2. The van der Waals surface area contributed by atoms with Crippen molar-refractivity contribution in [1.82, 2.24) is 9.47 Å². The summed E-state index contributed by atoms with van der Waals surface area (Å²) in [6, 6.07) is 15.3. The van der Waals surface area contributed by atoms with Gasteiger partial charge >= 0.3 is 0 Å². The van der Waals surface area contributed by atoms with Crippen molar-refractivity contribution in [2.45, 2.75) is 19.4 Å². The summed E-state index contributed by atoms with van der Waals surface area (Å²) in [6.07, 6.45) is 3.84. The van der Waals surface area contributed by atoms with Crippen molar-refractivity contribution < 1.29 is 8.78 Å². The Morgan fingerprint density at radius 3 is 2.15 bits per heavy atom. The quantitative estimate of drug-likeness (QED) is 0.275. The largest absolute Gasteiger partial charge is 0.368 e. The van der Waals surface area contributed by atoms with Crippen molar-refractivity contribution in [2.75, 3.05) is 49.1 Å². The van der Waals surface area contributed by atoms with Gasteiger partial charge in [0.05, 0.1) is 27.3 Å². The van der Waals surface area contributed by atoms with Crippen LogP contribution < -0.4 is 15.2 Å². The van der Waals surface area contributed by atoms with E-state index < -0.39 is 11.6 Å². The number of hydrogen-bond acceptors (Lipinski definition) is 4. The molecule has 0 saturated carbocycles. The van der Waals surface area contributed by atoms with Crippen LogP contribution in [0.5, 0.6) is 0 Å². The first-order valence-electron chi connectivity index (χ1n) is 13.2. The Labute approximate surface area is 235 Å². The molecule has 3 aromatic carbocycles. The van der Waals surface area contributed by atoms with Gasteiger partial charge in [-0.15, -0.1) is 0 Å². The number of fused-ring (bicyclic) bond motifs is 1. The average Bonchev–Trinajstić information content (AvgIpc) is 3.44. The first-order chi connectivity index (χ1) is 18.9. The van der Waals surface area contributed by atoms with E-state index in [1.807, 2.05) is 35.2 Å². The van der Waals surface area contributed by atoms with Crippen LogP contribution in [0.1, 0.15) is 18.4 Å². The predicted octanol–water partition coefficient (Wildman–Crippen LogP) is 6.50. The fraction of sp³-hybridized carbons (Fsp3) is 0.300. The standard InChI is InChI=1S/C30H28Cl2F2N4O/c31-21-4-6-22(7-5-21)36-13-15-37(16-14-36)30-25(34)18-23-27(39)9-12-38(29(23)28(30)32)26-8-3-20(17-24(26)33)19-35-10-1-2-11-35/h3-9,12,17-18H,1-2,10-11,13-16,19H2. The Bertz CT molecular complexity index is 1580. The molecule has 202 valence electrons. The molecule has 0 atom stereocenters. The van der Waals surface area contributed by atoms with Crippen molar-refractivity contribution in [1.29, 1.82) is 0 Å². The van der Waals surface area contributed by atoms with E-state index in [1.54, 1.807) is 10.6 Å². The van der Waals surface area contributed by atoms with Gasteiger partial charge in [0.2, 0.25) is 0 Å².